The Bertz CT molecular complexity index is 568. The van der Waals surface area contributed by atoms with E-state index in [1.807, 2.05) is 19.9 Å². The van der Waals surface area contributed by atoms with E-state index < -0.39 is 0 Å². The molecule has 2 aromatic rings. The fraction of sp³-hybridized carbons (Fsp3) is 0.364. The second-order valence-corrected chi connectivity index (χ2v) is 6.27. The SMILES string of the molecule is CC(C)(CN)c1nc(-c2ncc(Br)cc2Br)no1. The molecule has 0 aliphatic rings. The molecule has 0 saturated carbocycles. The molecule has 0 fully saturated rings. The molecule has 0 amide bonds. The second-order valence-electron chi connectivity index (χ2n) is 4.50. The molecule has 0 spiro atoms. The van der Waals surface area contributed by atoms with Crippen LogP contribution in [0.15, 0.2) is 25.7 Å². The highest BCUT2D eigenvalue weighted by molar-refractivity contribution is 9.11. The van der Waals surface area contributed by atoms with Crippen LogP contribution in [0.2, 0.25) is 0 Å². The molecule has 5 nitrogen and oxygen atoms in total. The Labute approximate surface area is 121 Å². The first kappa shape index (κ1) is 13.6. The predicted molar refractivity (Wildman–Crippen MR) is 75.0 cm³/mol. The third-order valence-corrected chi connectivity index (χ3v) is 3.57. The lowest BCUT2D eigenvalue weighted by molar-refractivity contribution is 0.311. The Morgan fingerprint density at radius 1 is 1.39 bits per heavy atom. The van der Waals surface area contributed by atoms with Gasteiger partial charge in [-0.25, -0.2) is 0 Å². The average Bonchev–Trinajstić information content (AvgIpc) is 2.79. The van der Waals surface area contributed by atoms with Gasteiger partial charge >= 0.3 is 0 Å². The van der Waals surface area contributed by atoms with E-state index in [0.717, 1.165) is 8.95 Å². The Hall–Kier alpha value is -0.790. The fourth-order valence-electron chi connectivity index (χ4n) is 1.26. The molecule has 2 aromatic heterocycles. The van der Waals surface area contributed by atoms with E-state index in [4.69, 9.17) is 10.3 Å². The molecular formula is C11H12Br2N4O. The number of halogens is 2. The van der Waals surface area contributed by atoms with Crippen molar-refractivity contribution >= 4 is 31.9 Å². The summed E-state index contributed by atoms with van der Waals surface area (Å²) >= 11 is 6.77. The van der Waals surface area contributed by atoms with Gasteiger partial charge in [0.1, 0.15) is 5.69 Å². The maximum absolute atomic E-state index is 5.68. The zero-order chi connectivity index (χ0) is 13.3. The fourth-order valence-corrected chi connectivity index (χ4v) is 2.43. The topological polar surface area (TPSA) is 77.8 Å². The minimum atomic E-state index is -0.340. The zero-order valence-corrected chi connectivity index (χ0v) is 13.1. The molecule has 96 valence electrons. The first-order valence-electron chi connectivity index (χ1n) is 5.30. The van der Waals surface area contributed by atoms with Gasteiger partial charge in [-0.05, 0) is 51.8 Å². The van der Waals surface area contributed by atoms with Crippen molar-refractivity contribution in [3.63, 3.8) is 0 Å². The van der Waals surface area contributed by atoms with Gasteiger partial charge in [-0.2, -0.15) is 4.98 Å². The summed E-state index contributed by atoms with van der Waals surface area (Å²) in [5.41, 5.74) is 5.98. The number of hydrogen-bond donors (Lipinski definition) is 1. The zero-order valence-electron chi connectivity index (χ0n) is 9.94. The highest BCUT2D eigenvalue weighted by atomic mass is 79.9. The van der Waals surface area contributed by atoms with Crippen LogP contribution in [0.5, 0.6) is 0 Å². The maximum Gasteiger partial charge on any atom is 0.233 e. The Kier molecular flexibility index (Phi) is 3.84. The standard InChI is InChI=1S/C11H12Br2N4O/c1-11(2,5-14)10-16-9(17-18-10)8-7(13)3-6(12)4-15-8/h3-4H,5,14H2,1-2H3. The van der Waals surface area contributed by atoms with Gasteiger partial charge in [-0.3, -0.25) is 4.98 Å². The number of nitrogens with zero attached hydrogens (tertiary/aromatic N) is 3. The summed E-state index contributed by atoms with van der Waals surface area (Å²) in [5, 5.41) is 3.94. The number of hydrogen-bond acceptors (Lipinski definition) is 5. The lowest BCUT2D eigenvalue weighted by Crippen LogP contribution is -2.28. The summed E-state index contributed by atoms with van der Waals surface area (Å²) in [6, 6.07) is 1.88. The van der Waals surface area contributed by atoms with Gasteiger partial charge in [0.05, 0.1) is 5.41 Å². The van der Waals surface area contributed by atoms with E-state index >= 15 is 0 Å². The van der Waals surface area contributed by atoms with E-state index in [-0.39, 0.29) is 5.41 Å². The molecule has 0 aromatic carbocycles. The van der Waals surface area contributed by atoms with E-state index in [2.05, 4.69) is 47.0 Å². The van der Waals surface area contributed by atoms with Crippen LogP contribution in [0.3, 0.4) is 0 Å². The van der Waals surface area contributed by atoms with Crippen LogP contribution in [-0.4, -0.2) is 21.7 Å². The van der Waals surface area contributed by atoms with Crippen LogP contribution in [0.4, 0.5) is 0 Å². The van der Waals surface area contributed by atoms with Crippen LogP contribution in [0.25, 0.3) is 11.5 Å². The van der Waals surface area contributed by atoms with Crippen molar-refractivity contribution in [1.82, 2.24) is 15.1 Å². The smallest absolute Gasteiger partial charge is 0.233 e. The van der Waals surface area contributed by atoms with Gasteiger partial charge in [0.25, 0.3) is 0 Å². The monoisotopic (exact) mass is 374 g/mol. The van der Waals surface area contributed by atoms with Crippen molar-refractivity contribution in [2.24, 2.45) is 5.73 Å². The summed E-state index contributed by atoms with van der Waals surface area (Å²) in [5.74, 6) is 0.961. The van der Waals surface area contributed by atoms with E-state index in [9.17, 15) is 0 Å². The Balaban J connectivity index is 2.41. The van der Waals surface area contributed by atoms with Crippen LogP contribution in [0.1, 0.15) is 19.7 Å². The molecule has 0 aliphatic heterocycles. The molecule has 0 atom stereocenters. The largest absolute Gasteiger partial charge is 0.338 e. The predicted octanol–water partition coefficient (Wildman–Crippen LogP) is 2.89. The second kappa shape index (κ2) is 5.07. The third-order valence-electron chi connectivity index (χ3n) is 2.53. The number of pyridine rings is 1. The Morgan fingerprint density at radius 3 is 2.72 bits per heavy atom. The molecule has 2 N–H and O–H groups in total. The van der Waals surface area contributed by atoms with Crippen LogP contribution in [0, 0.1) is 0 Å². The number of rotatable bonds is 3. The minimum absolute atomic E-state index is 0.340. The first-order chi connectivity index (χ1) is 8.44. The number of nitrogens with two attached hydrogens (primary N) is 1. The van der Waals surface area contributed by atoms with E-state index in [1.54, 1.807) is 6.20 Å². The van der Waals surface area contributed by atoms with Crippen LogP contribution in [-0.2, 0) is 5.41 Å². The minimum Gasteiger partial charge on any atom is -0.338 e. The van der Waals surface area contributed by atoms with Crippen molar-refractivity contribution in [1.29, 1.82) is 0 Å². The third kappa shape index (κ3) is 2.62. The van der Waals surface area contributed by atoms with Crippen molar-refractivity contribution in [2.75, 3.05) is 6.54 Å². The maximum atomic E-state index is 5.68. The van der Waals surface area contributed by atoms with Gasteiger partial charge in [0, 0.05) is 21.7 Å². The van der Waals surface area contributed by atoms with E-state index in [0.29, 0.717) is 24.0 Å². The normalized spacial score (nSPS) is 11.8. The van der Waals surface area contributed by atoms with E-state index in [1.165, 1.54) is 0 Å². The summed E-state index contributed by atoms with van der Waals surface area (Å²) in [6.45, 7) is 4.34. The average molecular weight is 376 g/mol. The Morgan fingerprint density at radius 2 is 2.11 bits per heavy atom. The summed E-state index contributed by atoms with van der Waals surface area (Å²) in [4.78, 5) is 8.61. The molecule has 18 heavy (non-hydrogen) atoms. The van der Waals surface area contributed by atoms with Crippen molar-refractivity contribution in [3.05, 3.63) is 27.1 Å². The molecule has 7 heteroatoms. The molecule has 2 heterocycles. The first-order valence-corrected chi connectivity index (χ1v) is 6.88. The summed E-state index contributed by atoms with van der Waals surface area (Å²) in [7, 11) is 0. The summed E-state index contributed by atoms with van der Waals surface area (Å²) in [6.07, 6.45) is 1.68. The molecule has 0 saturated heterocycles. The lowest BCUT2D eigenvalue weighted by atomic mass is 9.94. The highest BCUT2D eigenvalue weighted by Crippen LogP contribution is 2.28. The van der Waals surface area contributed by atoms with Gasteiger partial charge in [-0.1, -0.05) is 5.16 Å². The molecule has 0 radical (unpaired) electrons. The molecule has 2 rings (SSSR count). The van der Waals surface area contributed by atoms with Gasteiger partial charge in [0.2, 0.25) is 11.7 Å². The molecular weight excluding hydrogens is 364 g/mol. The van der Waals surface area contributed by atoms with Crippen LogP contribution < -0.4 is 5.73 Å². The molecule has 0 unspecified atom stereocenters. The lowest BCUT2D eigenvalue weighted by Gasteiger charge is -2.15. The quantitative estimate of drug-likeness (QED) is 0.892. The van der Waals surface area contributed by atoms with Gasteiger partial charge in [0.15, 0.2) is 0 Å². The highest BCUT2D eigenvalue weighted by Gasteiger charge is 2.27. The van der Waals surface area contributed by atoms with Crippen molar-refractivity contribution in [2.45, 2.75) is 19.3 Å². The molecule has 0 aliphatic carbocycles. The summed E-state index contributed by atoms with van der Waals surface area (Å²) < 4.78 is 6.93. The van der Waals surface area contributed by atoms with Crippen molar-refractivity contribution < 1.29 is 4.52 Å². The molecule has 0 bridgehead atoms. The van der Waals surface area contributed by atoms with Crippen LogP contribution >= 0.6 is 31.9 Å². The number of aromatic nitrogens is 3. The van der Waals surface area contributed by atoms with Crippen molar-refractivity contribution in [3.8, 4) is 11.5 Å². The van der Waals surface area contributed by atoms with Gasteiger partial charge < -0.3 is 10.3 Å². The van der Waals surface area contributed by atoms with Gasteiger partial charge in [-0.15, -0.1) is 0 Å².